The molecule has 5 aromatic rings. The topological polar surface area (TPSA) is 129 Å². The second-order valence-electron chi connectivity index (χ2n) is 8.35. The minimum absolute atomic E-state index is 0.0496. The summed E-state index contributed by atoms with van der Waals surface area (Å²) in [5, 5.41) is 2.67. The Hall–Kier alpha value is -4.89. The lowest BCUT2D eigenvalue weighted by Crippen LogP contribution is -2.44. The summed E-state index contributed by atoms with van der Waals surface area (Å²) in [6.45, 7) is -2.29. The quantitative estimate of drug-likeness (QED) is 0.255. The van der Waals surface area contributed by atoms with Crippen molar-refractivity contribution in [2.24, 2.45) is 0 Å². The maximum Gasteiger partial charge on any atom is 0.451 e. The van der Waals surface area contributed by atoms with Crippen molar-refractivity contribution < 1.29 is 35.2 Å². The second kappa shape index (κ2) is 9.14. The molecule has 0 aliphatic heterocycles. The molecule has 0 atom stereocenters. The second-order valence-corrected chi connectivity index (χ2v) is 8.35. The molecular weight excluding hydrogens is 536 g/mol. The van der Waals surface area contributed by atoms with Crippen molar-refractivity contribution in [3.05, 3.63) is 87.3 Å². The minimum atomic E-state index is -4.88. The first-order chi connectivity index (χ1) is 18.3. The summed E-state index contributed by atoms with van der Waals surface area (Å²) in [4.78, 5) is 33.2. The number of alkyl halides is 6. The van der Waals surface area contributed by atoms with Crippen LogP contribution in [0.1, 0.15) is 11.5 Å². The minimum Gasteiger partial charge on any atom is -0.438 e. The molecule has 0 bridgehead atoms. The molecule has 5 rings (SSSR count). The number of aromatic nitrogens is 6. The number of H-pyrrole nitrogens is 1. The molecule has 0 saturated carbocycles. The molecule has 0 radical (unpaired) electrons. The number of anilines is 1. The number of oxazole rings is 1. The van der Waals surface area contributed by atoms with Crippen molar-refractivity contribution in [1.82, 2.24) is 24.3 Å². The third-order valence-corrected chi connectivity index (χ3v) is 5.69. The van der Waals surface area contributed by atoms with E-state index in [1.165, 1.54) is 6.07 Å². The van der Waals surface area contributed by atoms with Gasteiger partial charge in [0.15, 0.2) is 6.39 Å². The Balaban J connectivity index is 1.78. The van der Waals surface area contributed by atoms with Crippen LogP contribution in [0.3, 0.4) is 0 Å². The van der Waals surface area contributed by atoms with Crippen LogP contribution < -0.4 is 21.4 Å². The van der Waals surface area contributed by atoms with Crippen LogP contribution >= 0.6 is 0 Å². The average Bonchev–Trinajstić information content (AvgIpc) is 3.45. The lowest BCUT2D eigenvalue weighted by Gasteiger charge is -2.12. The first kappa shape index (κ1) is 25.7. The van der Waals surface area contributed by atoms with Gasteiger partial charge in [-0.2, -0.15) is 31.0 Å². The Labute approximate surface area is 212 Å². The molecule has 4 heterocycles. The summed E-state index contributed by atoms with van der Waals surface area (Å²) in [7, 11) is 0. The highest BCUT2D eigenvalue weighted by molar-refractivity contribution is 5.88. The van der Waals surface area contributed by atoms with Crippen molar-refractivity contribution >= 4 is 11.6 Å². The fraction of sp³-hybridized carbons (Fsp3) is 0.174. The number of nitrogens with zero attached hydrogens (tertiary/aromatic N) is 5. The van der Waals surface area contributed by atoms with Gasteiger partial charge in [0.1, 0.15) is 24.5 Å². The van der Waals surface area contributed by atoms with E-state index in [0.717, 1.165) is 21.3 Å². The highest BCUT2D eigenvalue weighted by Crippen LogP contribution is 2.34. The largest absolute Gasteiger partial charge is 0.451 e. The van der Waals surface area contributed by atoms with E-state index in [1.54, 1.807) is 30.3 Å². The molecule has 0 aliphatic rings. The SMILES string of the molecule is Nc1nc(-c2ccccc2)c(-c2ccc(=O)n(CC(F)(F)F)c2)c2[nH]n(Cc3ncoc3C(F)(F)F)c(=O)[n+]12. The number of hydrogen-bond acceptors (Lipinski definition) is 6. The summed E-state index contributed by atoms with van der Waals surface area (Å²) in [5.41, 5.74) is 4.21. The lowest BCUT2D eigenvalue weighted by atomic mass is 10.0. The van der Waals surface area contributed by atoms with E-state index >= 15 is 0 Å². The number of pyridine rings is 1. The van der Waals surface area contributed by atoms with Crippen molar-refractivity contribution in [3.63, 3.8) is 0 Å². The zero-order valence-electron chi connectivity index (χ0n) is 19.4. The Morgan fingerprint density at radius 2 is 1.72 bits per heavy atom. The van der Waals surface area contributed by atoms with E-state index in [1.807, 2.05) is 0 Å². The van der Waals surface area contributed by atoms with Crippen LogP contribution in [0.15, 0.2) is 69.1 Å². The number of nitrogen functional groups attached to an aromatic ring is 1. The summed E-state index contributed by atoms with van der Waals surface area (Å²) < 4.78 is 85.7. The predicted molar refractivity (Wildman–Crippen MR) is 122 cm³/mol. The molecule has 202 valence electrons. The number of hydrogen-bond donors (Lipinski definition) is 2. The molecule has 0 aliphatic carbocycles. The highest BCUT2D eigenvalue weighted by atomic mass is 19.4. The molecule has 3 N–H and O–H groups in total. The molecule has 0 spiro atoms. The zero-order chi connectivity index (χ0) is 28.1. The van der Waals surface area contributed by atoms with Crippen LogP contribution in [0, 0.1) is 0 Å². The molecule has 10 nitrogen and oxygen atoms in total. The highest BCUT2D eigenvalue weighted by Gasteiger charge is 2.39. The van der Waals surface area contributed by atoms with Crippen LogP contribution in [-0.2, 0) is 19.3 Å². The summed E-state index contributed by atoms with van der Waals surface area (Å²) >= 11 is 0. The fourth-order valence-electron chi connectivity index (χ4n) is 4.10. The normalized spacial score (nSPS) is 12.4. The molecule has 16 heteroatoms. The monoisotopic (exact) mass is 552 g/mol. The number of aromatic amines is 1. The molecule has 0 saturated heterocycles. The fourth-order valence-corrected chi connectivity index (χ4v) is 4.10. The van der Waals surface area contributed by atoms with Gasteiger partial charge in [0.05, 0.1) is 5.56 Å². The number of fused-ring (bicyclic) bond motifs is 1. The van der Waals surface area contributed by atoms with Crippen molar-refractivity contribution in [1.29, 1.82) is 0 Å². The zero-order valence-corrected chi connectivity index (χ0v) is 19.4. The van der Waals surface area contributed by atoms with Gasteiger partial charge in [0, 0.05) is 23.4 Å². The van der Waals surface area contributed by atoms with Crippen LogP contribution in [0.25, 0.3) is 28.0 Å². The Morgan fingerprint density at radius 3 is 2.38 bits per heavy atom. The molecule has 0 amide bonds. The first-order valence-electron chi connectivity index (χ1n) is 11.0. The van der Waals surface area contributed by atoms with E-state index in [-0.39, 0.29) is 28.4 Å². The van der Waals surface area contributed by atoms with Gasteiger partial charge in [-0.05, 0) is 6.07 Å². The average molecular weight is 552 g/mol. The maximum atomic E-state index is 13.3. The van der Waals surface area contributed by atoms with Crippen molar-refractivity contribution in [2.45, 2.75) is 25.4 Å². The van der Waals surface area contributed by atoms with Crippen LogP contribution in [0.2, 0.25) is 0 Å². The number of halogens is 6. The van der Waals surface area contributed by atoms with Crippen LogP contribution in [0.4, 0.5) is 32.3 Å². The van der Waals surface area contributed by atoms with Gasteiger partial charge in [-0.1, -0.05) is 30.3 Å². The van der Waals surface area contributed by atoms with E-state index in [2.05, 4.69) is 19.5 Å². The third kappa shape index (κ3) is 4.87. The standard InChI is InChI=1S/C23H15F6N7O3/c24-22(25,26)10-34-8-13(6-7-15(34)37)16-17(12-4-2-1-3-5-12)32-20(30)36-19(16)33-35(21(36)38)9-14-18(23(27,28)29)39-11-31-14/h1-8,11H,9-10H2,(H2,30,32,33)/p+1. The van der Waals surface area contributed by atoms with Crippen LogP contribution in [0.5, 0.6) is 0 Å². The summed E-state index contributed by atoms with van der Waals surface area (Å²) in [6.07, 6.45) is -8.06. The van der Waals surface area contributed by atoms with Crippen molar-refractivity contribution in [3.8, 4) is 22.4 Å². The molecular formula is C23H16F6N7O3+. The van der Waals surface area contributed by atoms with Gasteiger partial charge in [-0.3, -0.25) is 4.79 Å². The van der Waals surface area contributed by atoms with Gasteiger partial charge in [-0.25, -0.2) is 14.9 Å². The molecule has 0 unspecified atom stereocenters. The predicted octanol–water partition coefficient (Wildman–Crippen LogP) is 3.01. The van der Waals surface area contributed by atoms with Gasteiger partial charge < -0.3 is 14.7 Å². The van der Waals surface area contributed by atoms with Gasteiger partial charge >= 0.3 is 24.0 Å². The Morgan fingerprint density at radius 1 is 1.00 bits per heavy atom. The van der Waals surface area contributed by atoms with E-state index in [4.69, 9.17) is 5.73 Å². The van der Waals surface area contributed by atoms with E-state index in [9.17, 15) is 35.9 Å². The van der Waals surface area contributed by atoms with E-state index in [0.29, 0.717) is 16.5 Å². The number of nitrogens with one attached hydrogen (secondary N) is 1. The first-order valence-corrected chi connectivity index (χ1v) is 11.0. The Bertz CT molecular complexity index is 1800. The third-order valence-electron chi connectivity index (χ3n) is 5.69. The van der Waals surface area contributed by atoms with E-state index < -0.39 is 48.1 Å². The maximum absolute atomic E-state index is 13.3. The lowest BCUT2D eigenvalue weighted by molar-refractivity contribution is -0.516. The molecule has 4 aromatic heterocycles. The molecule has 0 fully saturated rings. The van der Waals surface area contributed by atoms with Crippen LogP contribution in [-0.4, -0.2) is 30.5 Å². The Kier molecular flexibility index (Phi) is 6.03. The van der Waals surface area contributed by atoms with Gasteiger partial charge in [0.25, 0.3) is 5.56 Å². The van der Waals surface area contributed by atoms with Gasteiger partial charge in [-0.15, -0.1) is 9.38 Å². The van der Waals surface area contributed by atoms with Crippen molar-refractivity contribution in [2.75, 3.05) is 5.73 Å². The number of rotatable bonds is 5. The number of nitrogens with two attached hydrogens (primary N) is 1. The van der Waals surface area contributed by atoms with Gasteiger partial charge in [0.2, 0.25) is 11.4 Å². The summed E-state index contributed by atoms with van der Waals surface area (Å²) in [5.74, 6) is -1.76. The smallest absolute Gasteiger partial charge is 0.438 e. The molecule has 1 aromatic carbocycles. The number of benzene rings is 1. The summed E-state index contributed by atoms with van der Waals surface area (Å²) in [6, 6.07) is 10.5. The molecule has 39 heavy (non-hydrogen) atoms.